The lowest BCUT2D eigenvalue weighted by molar-refractivity contribution is 0.0699. The number of hydrogen-bond acceptors (Lipinski definition) is 2. The van der Waals surface area contributed by atoms with Gasteiger partial charge in [-0.2, -0.15) is 0 Å². The average Bonchev–Trinajstić information content (AvgIpc) is 2.88. The molecule has 1 amide bonds. The van der Waals surface area contributed by atoms with Gasteiger partial charge in [0.05, 0.1) is 5.56 Å². The van der Waals surface area contributed by atoms with Gasteiger partial charge in [0, 0.05) is 21.1 Å². The number of carbonyl (C=O) groups is 1. The van der Waals surface area contributed by atoms with E-state index in [4.69, 9.17) is 5.73 Å². The zero-order valence-electron chi connectivity index (χ0n) is 10.9. The van der Waals surface area contributed by atoms with Crippen molar-refractivity contribution >= 4 is 44.4 Å². The van der Waals surface area contributed by atoms with Crippen molar-refractivity contribution in [1.29, 1.82) is 0 Å². The summed E-state index contributed by atoms with van der Waals surface area (Å²) in [4.78, 5) is 14.5. The molecule has 2 N–H and O–H groups in total. The van der Waals surface area contributed by atoms with E-state index >= 15 is 0 Å². The number of carbonyl (C=O) groups excluding carboxylic acids is 1. The Balaban J connectivity index is 2.21. The predicted octanol–water partition coefficient (Wildman–Crippen LogP) is 3.25. The van der Waals surface area contributed by atoms with Gasteiger partial charge in [-0.1, -0.05) is 6.42 Å². The van der Waals surface area contributed by atoms with Gasteiger partial charge in [0.15, 0.2) is 0 Å². The van der Waals surface area contributed by atoms with Gasteiger partial charge in [0.25, 0.3) is 5.91 Å². The lowest BCUT2D eigenvalue weighted by Crippen LogP contribution is -2.41. The fraction of sp³-hybridized carbons (Fsp3) is 0.500. The Morgan fingerprint density at radius 1 is 1.53 bits per heavy atom. The molecule has 19 heavy (non-hydrogen) atoms. The van der Waals surface area contributed by atoms with Crippen LogP contribution in [-0.4, -0.2) is 30.4 Å². The van der Waals surface area contributed by atoms with Crippen molar-refractivity contribution in [3.8, 4) is 0 Å². The van der Waals surface area contributed by atoms with Gasteiger partial charge < -0.3 is 10.6 Å². The topological polar surface area (TPSA) is 46.3 Å². The highest BCUT2D eigenvalue weighted by Crippen LogP contribution is 2.30. The van der Waals surface area contributed by atoms with Crippen LogP contribution in [0.1, 0.15) is 29.6 Å². The van der Waals surface area contributed by atoms with Gasteiger partial charge in [-0.05, 0) is 82.0 Å². The third-order valence-corrected chi connectivity index (χ3v) is 5.26. The SMILES string of the molecule is CN(C(=O)c1cc(I)ccc1Br)C1CCCC1CN. The fourth-order valence-corrected chi connectivity index (χ4v) is 3.71. The quantitative estimate of drug-likeness (QED) is 0.739. The molecule has 0 bridgehead atoms. The summed E-state index contributed by atoms with van der Waals surface area (Å²) < 4.78 is 1.92. The molecule has 1 aromatic carbocycles. The van der Waals surface area contributed by atoms with Gasteiger partial charge >= 0.3 is 0 Å². The largest absolute Gasteiger partial charge is 0.338 e. The van der Waals surface area contributed by atoms with Gasteiger partial charge in [0.2, 0.25) is 0 Å². The van der Waals surface area contributed by atoms with Crippen molar-refractivity contribution in [2.75, 3.05) is 13.6 Å². The molecule has 0 heterocycles. The summed E-state index contributed by atoms with van der Waals surface area (Å²) in [6, 6.07) is 6.12. The Hall–Kier alpha value is -0.140. The van der Waals surface area contributed by atoms with Crippen molar-refractivity contribution < 1.29 is 4.79 Å². The van der Waals surface area contributed by atoms with Crippen LogP contribution in [0.25, 0.3) is 0 Å². The lowest BCUT2D eigenvalue weighted by Gasteiger charge is -2.29. The molecular weight excluding hydrogens is 419 g/mol. The summed E-state index contributed by atoms with van der Waals surface area (Å²) in [7, 11) is 1.90. The number of benzene rings is 1. The van der Waals surface area contributed by atoms with Crippen LogP contribution in [0.4, 0.5) is 0 Å². The third-order valence-electron chi connectivity index (χ3n) is 3.90. The summed E-state index contributed by atoms with van der Waals surface area (Å²) in [5.41, 5.74) is 6.54. The van der Waals surface area contributed by atoms with E-state index in [1.807, 2.05) is 30.1 Å². The van der Waals surface area contributed by atoms with E-state index in [0.29, 0.717) is 12.5 Å². The summed E-state index contributed by atoms with van der Waals surface area (Å²) in [5.74, 6) is 0.520. The predicted molar refractivity (Wildman–Crippen MR) is 89.1 cm³/mol. The first-order chi connectivity index (χ1) is 9.04. The zero-order valence-corrected chi connectivity index (χ0v) is 14.6. The highest BCUT2D eigenvalue weighted by molar-refractivity contribution is 14.1. The second-order valence-corrected chi connectivity index (χ2v) is 7.13. The van der Waals surface area contributed by atoms with Crippen molar-refractivity contribution in [3.63, 3.8) is 0 Å². The monoisotopic (exact) mass is 436 g/mol. The molecular formula is C14H18BrIN2O. The Bertz CT molecular complexity index is 481. The second kappa shape index (κ2) is 6.54. The normalized spacial score (nSPS) is 22.5. The molecule has 2 rings (SSSR count). The minimum Gasteiger partial charge on any atom is -0.338 e. The fourth-order valence-electron chi connectivity index (χ4n) is 2.80. The molecule has 2 atom stereocenters. The van der Waals surface area contributed by atoms with Crippen molar-refractivity contribution in [3.05, 3.63) is 31.8 Å². The molecule has 0 saturated heterocycles. The molecule has 104 valence electrons. The van der Waals surface area contributed by atoms with Crippen molar-refractivity contribution in [1.82, 2.24) is 4.90 Å². The third kappa shape index (κ3) is 3.31. The maximum Gasteiger partial charge on any atom is 0.255 e. The van der Waals surface area contributed by atoms with Crippen LogP contribution >= 0.6 is 38.5 Å². The maximum absolute atomic E-state index is 12.6. The first-order valence-electron chi connectivity index (χ1n) is 6.47. The van der Waals surface area contributed by atoms with E-state index in [-0.39, 0.29) is 11.9 Å². The van der Waals surface area contributed by atoms with Gasteiger partial charge in [-0.15, -0.1) is 0 Å². The van der Waals surface area contributed by atoms with Crippen LogP contribution in [-0.2, 0) is 0 Å². The van der Waals surface area contributed by atoms with Gasteiger partial charge in [-0.25, -0.2) is 0 Å². The second-order valence-electron chi connectivity index (χ2n) is 5.03. The van der Waals surface area contributed by atoms with Crippen LogP contribution in [0.5, 0.6) is 0 Å². The summed E-state index contributed by atoms with van der Waals surface area (Å²) in [6.45, 7) is 0.662. The highest BCUT2D eigenvalue weighted by Gasteiger charge is 2.32. The number of nitrogens with zero attached hydrogens (tertiary/aromatic N) is 1. The molecule has 1 aromatic rings. The Kier molecular flexibility index (Phi) is 5.25. The summed E-state index contributed by atoms with van der Waals surface area (Å²) in [5, 5.41) is 0. The molecule has 0 spiro atoms. The Labute approximate surface area is 136 Å². The molecule has 3 nitrogen and oxygen atoms in total. The molecule has 1 saturated carbocycles. The van der Waals surface area contributed by atoms with Crippen molar-refractivity contribution in [2.45, 2.75) is 25.3 Å². The Morgan fingerprint density at radius 3 is 2.95 bits per heavy atom. The minimum absolute atomic E-state index is 0.0794. The molecule has 0 radical (unpaired) electrons. The average molecular weight is 437 g/mol. The highest BCUT2D eigenvalue weighted by atomic mass is 127. The van der Waals surface area contributed by atoms with E-state index in [1.54, 1.807) is 0 Å². The first-order valence-corrected chi connectivity index (χ1v) is 8.34. The molecule has 1 aliphatic rings. The summed E-state index contributed by atoms with van der Waals surface area (Å²) >= 11 is 5.69. The van der Waals surface area contributed by atoms with E-state index in [0.717, 1.165) is 32.9 Å². The maximum atomic E-state index is 12.6. The lowest BCUT2D eigenvalue weighted by atomic mass is 10.0. The minimum atomic E-state index is 0.0794. The number of halogens is 2. The molecule has 0 aromatic heterocycles. The van der Waals surface area contributed by atoms with Crippen molar-refractivity contribution in [2.24, 2.45) is 11.7 Å². The van der Waals surface area contributed by atoms with E-state index < -0.39 is 0 Å². The van der Waals surface area contributed by atoms with Crippen LogP contribution < -0.4 is 5.73 Å². The summed E-state index contributed by atoms with van der Waals surface area (Å²) in [6.07, 6.45) is 3.36. The zero-order chi connectivity index (χ0) is 14.0. The van der Waals surface area contributed by atoms with Crippen LogP contribution in [0.3, 0.4) is 0 Å². The van der Waals surface area contributed by atoms with Gasteiger partial charge in [0.1, 0.15) is 0 Å². The molecule has 2 unspecified atom stereocenters. The first kappa shape index (κ1) is 15.3. The Morgan fingerprint density at radius 2 is 2.26 bits per heavy atom. The van der Waals surface area contributed by atoms with Gasteiger partial charge in [-0.3, -0.25) is 4.79 Å². The molecule has 1 fully saturated rings. The molecule has 1 aliphatic carbocycles. The van der Waals surface area contributed by atoms with E-state index in [1.165, 1.54) is 0 Å². The van der Waals surface area contributed by atoms with Crippen LogP contribution in [0, 0.1) is 9.49 Å². The molecule has 5 heteroatoms. The number of amides is 1. The number of rotatable bonds is 3. The van der Waals surface area contributed by atoms with E-state index in [2.05, 4.69) is 38.5 Å². The van der Waals surface area contributed by atoms with Crippen LogP contribution in [0.15, 0.2) is 22.7 Å². The van der Waals surface area contributed by atoms with Crippen LogP contribution in [0.2, 0.25) is 0 Å². The van der Waals surface area contributed by atoms with E-state index in [9.17, 15) is 4.79 Å². The standard InChI is InChI=1S/C14H18BrIN2O/c1-18(13-4-2-3-9(13)8-17)14(19)11-7-10(16)5-6-12(11)15/h5-7,9,13H,2-4,8,17H2,1H3. The number of hydrogen-bond donors (Lipinski definition) is 1. The molecule has 0 aliphatic heterocycles. The smallest absolute Gasteiger partial charge is 0.255 e. The number of nitrogens with two attached hydrogens (primary N) is 1.